The Morgan fingerprint density at radius 1 is 0.261 bits per heavy atom. The minimum atomic E-state index is -0.685. The van der Waals surface area contributed by atoms with Gasteiger partial charge in [-0.1, -0.05) is 243 Å². The molecule has 1 aliphatic heterocycles. The molecule has 0 bridgehead atoms. The van der Waals surface area contributed by atoms with Crippen molar-refractivity contribution >= 4 is 0 Å². The summed E-state index contributed by atoms with van der Waals surface area (Å²) in [5.41, 5.74) is 20.6. The summed E-state index contributed by atoms with van der Waals surface area (Å²) in [5.74, 6) is 2.42. The molecule has 2 spiro atoms. The molecule has 69 heavy (non-hydrogen) atoms. The molecule has 2 aliphatic carbocycles. The molecule has 10 aromatic carbocycles. The summed E-state index contributed by atoms with van der Waals surface area (Å²) in [5, 5.41) is 0. The van der Waals surface area contributed by atoms with Crippen LogP contribution < -0.4 is 4.74 Å². The smallest absolute Gasteiger partial charge is 0.160 e. The molecule has 0 radical (unpaired) electrons. The average Bonchev–Trinajstić information content (AvgIpc) is 3.73. The first-order valence-electron chi connectivity index (χ1n) is 23.7. The maximum Gasteiger partial charge on any atom is 0.160 e. The molecule has 1 aromatic heterocycles. The van der Waals surface area contributed by atoms with Gasteiger partial charge in [-0.25, -0.2) is 9.97 Å². The van der Waals surface area contributed by atoms with Crippen LogP contribution in [0.1, 0.15) is 44.5 Å². The maximum absolute atomic E-state index is 7.21. The fraction of sp³-hybridized carbons (Fsp3) is 0.0303. The van der Waals surface area contributed by atoms with Gasteiger partial charge in [0.2, 0.25) is 0 Å². The summed E-state index contributed by atoms with van der Waals surface area (Å²) in [7, 11) is 0. The van der Waals surface area contributed by atoms with Gasteiger partial charge < -0.3 is 4.74 Å². The lowest BCUT2D eigenvalue weighted by Gasteiger charge is -2.51. The van der Waals surface area contributed by atoms with Crippen molar-refractivity contribution in [2.45, 2.75) is 10.8 Å². The van der Waals surface area contributed by atoms with Gasteiger partial charge in [0.25, 0.3) is 0 Å². The third-order valence-corrected chi connectivity index (χ3v) is 14.9. The number of nitrogens with zero attached hydrogens (tertiary/aromatic N) is 2. The van der Waals surface area contributed by atoms with Crippen molar-refractivity contribution in [2.75, 3.05) is 0 Å². The molecule has 0 N–H and O–H groups in total. The third-order valence-electron chi connectivity index (χ3n) is 14.9. The highest BCUT2D eigenvalue weighted by Crippen LogP contribution is 2.67. The van der Waals surface area contributed by atoms with E-state index in [0.717, 1.165) is 61.8 Å². The van der Waals surface area contributed by atoms with Gasteiger partial charge in [0, 0.05) is 33.4 Å². The van der Waals surface area contributed by atoms with E-state index in [0.29, 0.717) is 5.82 Å². The lowest BCUT2D eigenvalue weighted by molar-refractivity contribution is 0.430. The lowest BCUT2D eigenvalue weighted by Crippen LogP contribution is -2.45. The van der Waals surface area contributed by atoms with E-state index in [2.05, 4.69) is 231 Å². The Hall–Kier alpha value is -8.92. The predicted molar refractivity (Wildman–Crippen MR) is 278 cm³/mol. The van der Waals surface area contributed by atoms with E-state index in [1.54, 1.807) is 0 Å². The van der Waals surface area contributed by atoms with E-state index < -0.39 is 10.8 Å². The van der Waals surface area contributed by atoms with E-state index in [4.69, 9.17) is 14.7 Å². The number of benzene rings is 10. The molecule has 14 rings (SSSR count). The van der Waals surface area contributed by atoms with Gasteiger partial charge in [-0.3, -0.25) is 0 Å². The molecule has 0 fully saturated rings. The maximum atomic E-state index is 7.21. The zero-order chi connectivity index (χ0) is 45.5. The summed E-state index contributed by atoms with van der Waals surface area (Å²) >= 11 is 0. The fourth-order valence-electron chi connectivity index (χ4n) is 12.0. The largest absolute Gasteiger partial charge is 0.456 e. The first-order chi connectivity index (χ1) is 34.2. The first-order valence-corrected chi connectivity index (χ1v) is 23.7. The van der Waals surface area contributed by atoms with E-state index in [1.165, 1.54) is 55.6 Å². The van der Waals surface area contributed by atoms with Crippen molar-refractivity contribution < 1.29 is 4.74 Å². The van der Waals surface area contributed by atoms with Gasteiger partial charge in [-0.2, -0.15) is 0 Å². The fourth-order valence-corrected chi connectivity index (χ4v) is 12.0. The summed E-state index contributed by atoms with van der Waals surface area (Å²) in [6.07, 6.45) is 0. The molecule has 3 heteroatoms. The van der Waals surface area contributed by atoms with Crippen molar-refractivity contribution in [3.63, 3.8) is 0 Å². The van der Waals surface area contributed by atoms with E-state index in [-0.39, 0.29) is 0 Å². The van der Waals surface area contributed by atoms with Gasteiger partial charge in [-0.15, -0.1) is 0 Å². The van der Waals surface area contributed by atoms with Crippen molar-refractivity contribution in [1.29, 1.82) is 0 Å². The number of fused-ring (bicyclic) bond motifs is 15. The van der Waals surface area contributed by atoms with Crippen LogP contribution in [0, 0.1) is 0 Å². The van der Waals surface area contributed by atoms with Crippen LogP contribution in [-0.4, -0.2) is 9.97 Å². The monoisotopic (exact) mass is 878 g/mol. The second-order valence-corrected chi connectivity index (χ2v) is 18.3. The number of hydrogen-bond donors (Lipinski definition) is 0. The van der Waals surface area contributed by atoms with Gasteiger partial charge >= 0.3 is 0 Å². The third kappa shape index (κ3) is 5.68. The Morgan fingerprint density at radius 2 is 0.638 bits per heavy atom. The van der Waals surface area contributed by atoms with Crippen molar-refractivity contribution in [1.82, 2.24) is 9.97 Å². The van der Waals surface area contributed by atoms with Crippen LogP contribution in [-0.2, 0) is 10.8 Å². The molecule has 0 atom stereocenters. The Balaban J connectivity index is 0.930. The molecule has 0 saturated carbocycles. The summed E-state index contributed by atoms with van der Waals surface area (Å²) in [4.78, 5) is 10.3. The summed E-state index contributed by atoms with van der Waals surface area (Å²) in [6.45, 7) is 0. The highest BCUT2D eigenvalue weighted by atomic mass is 16.5. The molecule has 322 valence electrons. The highest BCUT2D eigenvalue weighted by molar-refractivity contribution is 5.91. The number of ether oxygens (including phenoxy) is 1. The minimum Gasteiger partial charge on any atom is -0.456 e. The second-order valence-electron chi connectivity index (χ2n) is 18.3. The number of hydrogen-bond acceptors (Lipinski definition) is 3. The van der Waals surface area contributed by atoms with Crippen LogP contribution in [0.5, 0.6) is 11.5 Å². The van der Waals surface area contributed by atoms with Crippen molar-refractivity contribution in [3.05, 3.63) is 299 Å². The molecule has 11 aromatic rings. The van der Waals surface area contributed by atoms with E-state index >= 15 is 0 Å². The SMILES string of the molecule is c1ccc(-c2ccc(-c3cc(-c4ccc(-c5cccc6c5Oc5ccccc5C65c6ccccc6C6(c7ccccc7-c7ccccc76)c6ccccc65)cc4)nc(-c4ccccc4)n3)cc2)cc1. The zero-order valence-corrected chi connectivity index (χ0v) is 37.6. The topological polar surface area (TPSA) is 35.0 Å². The van der Waals surface area contributed by atoms with Crippen LogP contribution in [0.25, 0.3) is 67.3 Å². The second kappa shape index (κ2) is 15.3. The van der Waals surface area contributed by atoms with Gasteiger partial charge in [0.1, 0.15) is 11.5 Å². The Morgan fingerprint density at radius 3 is 1.19 bits per heavy atom. The molecule has 3 aliphatic rings. The van der Waals surface area contributed by atoms with Crippen LogP contribution in [0.4, 0.5) is 0 Å². The first kappa shape index (κ1) is 39.3. The molecule has 2 heterocycles. The highest BCUT2D eigenvalue weighted by Gasteiger charge is 2.58. The number of rotatable bonds is 5. The van der Waals surface area contributed by atoms with Crippen LogP contribution in [0.2, 0.25) is 0 Å². The standard InChI is InChI=1S/C66H42N2O/c1-3-18-43(19-4-1)44-34-38-46(39-35-44)60-42-61(68-64(67-60)48-20-5-2-6-21-48)47-40-36-45(37-41-47)49-24-17-32-59-63(49)69-62-33-16-15-31-58(62)66(59)56-29-13-11-27-54(56)65(55-28-12-14-30-57(55)66)52-25-9-7-22-50(52)51-23-8-10-26-53(51)65/h1-42H. The van der Waals surface area contributed by atoms with Crippen LogP contribution >= 0.6 is 0 Å². The Kier molecular flexibility index (Phi) is 8.71. The molecule has 0 amide bonds. The van der Waals surface area contributed by atoms with Crippen molar-refractivity contribution in [3.8, 4) is 78.8 Å². The number of para-hydroxylation sites is 2. The van der Waals surface area contributed by atoms with Crippen molar-refractivity contribution in [2.24, 2.45) is 0 Å². The normalized spacial score (nSPS) is 13.9. The Bertz CT molecular complexity index is 3710. The molecule has 0 saturated heterocycles. The van der Waals surface area contributed by atoms with Crippen LogP contribution in [0.3, 0.4) is 0 Å². The molecular weight excluding hydrogens is 837 g/mol. The quantitative estimate of drug-likeness (QED) is 0.173. The number of aromatic nitrogens is 2. The van der Waals surface area contributed by atoms with Gasteiger partial charge in [0.15, 0.2) is 5.82 Å². The molecule has 0 unspecified atom stereocenters. The van der Waals surface area contributed by atoms with Gasteiger partial charge in [-0.05, 0) is 73.3 Å². The van der Waals surface area contributed by atoms with E-state index in [9.17, 15) is 0 Å². The minimum absolute atomic E-state index is 0.515. The van der Waals surface area contributed by atoms with Gasteiger partial charge in [0.05, 0.1) is 22.2 Å². The predicted octanol–water partition coefficient (Wildman–Crippen LogP) is 16.0. The lowest BCUT2D eigenvalue weighted by atomic mass is 9.51. The summed E-state index contributed by atoms with van der Waals surface area (Å²) in [6, 6.07) is 92.1. The molecule has 3 nitrogen and oxygen atoms in total. The Labute approximate surface area is 401 Å². The van der Waals surface area contributed by atoms with Crippen LogP contribution in [0.15, 0.2) is 255 Å². The summed E-state index contributed by atoms with van der Waals surface area (Å²) < 4.78 is 7.21. The van der Waals surface area contributed by atoms with E-state index in [1.807, 2.05) is 24.3 Å². The molecular formula is C66H42N2O. The zero-order valence-electron chi connectivity index (χ0n) is 37.6. The average molecular weight is 879 g/mol.